The molecule has 0 aliphatic carbocycles. The highest BCUT2D eigenvalue weighted by Crippen LogP contribution is 2.28. The van der Waals surface area contributed by atoms with E-state index in [2.05, 4.69) is 29.3 Å². The Morgan fingerprint density at radius 1 is 1.28 bits per heavy atom. The zero-order valence-electron chi connectivity index (χ0n) is 15.3. The van der Waals surface area contributed by atoms with Crippen molar-refractivity contribution in [3.8, 4) is 5.75 Å². The first-order valence-electron chi connectivity index (χ1n) is 9.39. The van der Waals surface area contributed by atoms with E-state index in [1.54, 1.807) is 0 Å². The number of nitrogens with one attached hydrogen (secondary N) is 1. The molecule has 1 fully saturated rings. The van der Waals surface area contributed by atoms with Crippen LogP contribution in [0.2, 0.25) is 0 Å². The maximum Gasteiger partial charge on any atom is 0.317 e. The predicted molar refractivity (Wildman–Crippen MR) is 99.9 cm³/mol. The fraction of sp³-hybridized carbons (Fsp3) is 0.550. The molecule has 5 heteroatoms. The number of hydrogen-bond donors (Lipinski definition) is 1. The molecule has 1 N–H and O–H groups in total. The van der Waals surface area contributed by atoms with Crippen LogP contribution in [0.1, 0.15) is 38.3 Å². The summed E-state index contributed by atoms with van der Waals surface area (Å²) >= 11 is 0. The van der Waals surface area contributed by atoms with Crippen molar-refractivity contribution in [3.63, 3.8) is 0 Å². The maximum absolute atomic E-state index is 12.8. The summed E-state index contributed by atoms with van der Waals surface area (Å²) in [6.07, 6.45) is 6.31. The standard InChI is InChI=1S/C20H29N3O2/c1-3-18(17-9-5-6-10-19(17)25-4-2)21-20(24)23-14-11-16(15-23)22-12-7-8-13-22/h5-10,16,18H,3-4,11-15H2,1-2H3,(H,21,24)/t16-,18+/m0/s1. The molecule has 1 aromatic rings. The number of ether oxygens (including phenoxy) is 1. The highest BCUT2D eigenvalue weighted by atomic mass is 16.5. The number of para-hydroxylation sites is 1. The van der Waals surface area contributed by atoms with Gasteiger partial charge in [-0.2, -0.15) is 0 Å². The average Bonchev–Trinajstić information content (AvgIpc) is 3.31. The molecule has 3 rings (SSSR count). The largest absolute Gasteiger partial charge is 0.494 e. The lowest BCUT2D eigenvalue weighted by Gasteiger charge is -2.26. The van der Waals surface area contributed by atoms with Gasteiger partial charge in [-0.3, -0.25) is 4.90 Å². The normalized spacial score (nSPS) is 21.5. The number of benzene rings is 1. The SMILES string of the molecule is CCOc1ccccc1[C@@H](CC)NC(=O)N1CC[C@H](N2CC=CC2)C1. The van der Waals surface area contributed by atoms with Crippen LogP contribution in [-0.2, 0) is 0 Å². The van der Waals surface area contributed by atoms with E-state index in [-0.39, 0.29) is 12.1 Å². The van der Waals surface area contributed by atoms with Crippen molar-refractivity contribution in [1.29, 1.82) is 0 Å². The molecule has 2 aliphatic heterocycles. The van der Waals surface area contributed by atoms with Gasteiger partial charge in [-0.1, -0.05) is 37.3 Å². The quantitative estimate of drug-likeness (QED) is 0.807. The minimum atomic E-state index is -0.0252. The Balaban J connectivity index is 1.61. The smallest absolute Gasteiger partial charge is 0.317 e. The molecular weight excluding hydrogens is 314 g/mol. The van der Waals surface area contributed by atoms with E-state index in [1.165, 1.54) is 0 Å². The van der Waals surface area contributed by atoms with Gasteiger partial charge in [0.05, 0.1) is 12.6 Å². The summed E-state index contributed by atoms with van der Waals surface area (Å²) in [5.41, 5.74) is 1.06. The molecule has 0 aromatic heterocycles. The highest BCUT2D eigenvalue weighted by molar-refractivity contribution is 5.75. The Kier molecular flexibility index (Phi) is 5.97. The number of rotatable bonds is 6. The van der Waals surface area contributed by atoms with Gasteiger partial charge in [-0.25, -0.2) is 4.79 Å². The molecule has 0 spiro atoms. The van der Waals surface area contributed by atoms with Crippen LogP contribution in [0.3, 0.4) is 0 Å². The highest BCUT2D eigenvalue weighted by Gasteiger charge is 2.31. The molecule has 5 nitrogen and oxygen atoms in total. The molecule has 0 unspecified atom stereocenters. The van der Waals surface area contributed by atoms with Gasteiger partial charge in [0.25, 0.3) is 0 Å². The minimum Gasteiger partial charge on any atom is -0.494 e. The van der Waals surface area contributed by atoms with Crippen LogP contribution < -0.4 is 10.1 Å². The van der Waals surface area contributed by atoms with E-state index in [1.807, 2.05) is 36.1 Å². The van der Waals surface area contributed by atoms with E-state index in [0.717, 1.165) is 50.3 Å². The van der Waals surface area contributed by atoms with Gasteiger partial charge in [0.15, 0.2) is 0 Å². The summed E-state index contributed by atoms with van der Waals surface area (Å²) in [7, 11) is 0. The topological polar surface area (TPSA) is 44.8 Å². The van der Waals surface area contributed by atoms with E-state index >= 15 is 0 Å². The second-order valence-electron chi connectivity index (χ2n) is 6.69. The van der Waals surface area contributed by atoms with Crippen LogP contribution in [0, 0.1) is 0 Å². The van der Waals surface area contributed by atoms with Crippen molar-refractivity contribution < 1.29 is 9.53 Å². The van der Waals surface area contributed by atoms with Crippen molar-refractivity contribution in [2.75, 3.05) is 32.8 Å². The Morgan fingerprint density at radius 2 is 2.04 bits per heavy atom. The summed E-state index contributed by atoms with van der Waals surface area (Å²) in [4.78, 5) is 17.2. The van der Waals surface area contributed by atoms with Gasteiger partial charge in [0.1, 0.15) is 5.75 Å². The van der Waals surface area contributed by atoms with Crippen LogP contribution in [0.25, 0.3) is 0 Å². The lowest BCUT2D eigenvalue weighted by Crippen LogP contribution is -2.42. The van der Waals surface area contributed by atoms with Gasteiger partial charge < -0.3 is 15.0 Å². The number of carbonyl (C=O) groups excluding carboxylic acids is 1. The van der Waals surface area contributed by atoms with Crippen molar-refractivity contribution >= 4 is 6.03 Å². The third-order valence-corrected chi connectivity index (χ3v) is 5.11. The second kappa shape index (κ2) is 8.39. The van der Waals surface area contributed by atoms with Gasteiger partial charge in [0.2, 0.25) is 0 Å². The Morgan fingerprint density at radius 3 is 2.76 bits per heavy atom. The van der Waals surface area contributed by atoms with E-state index in [0.29, 0.717) is 12.6 Å². The van der Waals surface area contributed by atoms with Crippen LogP contribution in [0.15, 0.2) is 36.4 Å². The first-order chi connectivity index (χ1) is 12.2. The molecule has 1 aromatic carbocycles. The number of urea groups is 1. The fourth-order valence-corrected chi connectivity index (χ4v) is 3.71. The lowest BCUT2D eigenvalue weighted by molar-refractivity contribution is 0.195. The third-order valence-electron chi connectivity index (χ3n) is 5.11. The molecule has 1 saturated heterocycles. The molecule has 0 radical (unpaired) electrons. The lowest BCUT2D eigenvalue weighted by atomic mass is 10.0. The van der Waals surface area contributed by atoms with Crippen LogP contribution in [0.4, 0.5) is 4.79 Å². The van der Waals surface area contributed by atoms with E-state index in [9.17, 15) is 4.79 Å². The van der Waals surface area contributed by atoms with Crippen molar-refractivity contribution in [3.05, 3.63) is 42.0 Å². The minimum absolute atomic E-state index is 0.0252. The molecule has 2 atom stereocenters. The summed E-state index contributed by atoms with van der Waals surface area (Å²) in [5.74, 6) is 0.861. The maximum atomic E-state index is 12.8. The summed E-state index contributed by atoms with van der Waals surface area (Å²) in [6.45, 7) is 8.37. The molecule has 136 valence electrons. The number of nitrogens with zero attached hydrogens (tertiary/aromatic N) is 2. The van der Waals surface area contributed by atoms with Gasteiger partial charge in [-0.15, -0.1) is 0 Å². The van der Waals surface area contributed by atoms with Crippen LogP contribution in [-0.4, -0.2) is 54.7 Å². The Hall–Kier alpha value is -2.01. The zero-order chi connectivity index (χ0) is 17.6. The predicted octanol–water partition coefficient (Wildman–Crippen LogP) is 3.19. The molecule has 2 amide bonds. The Bertz CT molecular complexity index is 609. The Labute approximate surface area is 150 Å². The molecule has 2 heterocycles. The molecular formula is C20H29N3O2. The van der Waals surface area contributed by atoms with Crippen LogP contribution >= 0.6 is 0 Å². The monoisotopic (exact) mass is 343 g/mol. The third kappa shape index (κ3) is 4.15. The van der Waals surface area contributed by atoms with Gasteiger partial charge in [0, 0.05) is 37.8 Å². The first kappa shape index (κ1) is 17.8. The van der Waals surface area contributed by atoms with E-state index < -0.39 is 0 Å². The number of amides is 2. The van der Waals surface area contributed by atoms with Gasteiger partial charge in [-0.05, 0) is 25.8 Å². The molecule has 0 saturated carbocycles. The fourth-order valence-electron chi connectivity index (χ4n) is 3.71. The van der Waals surface area contributed by atoms with Gasteiger partial charge >= 0.3 is 6.03 Å². The van der Waals surface area contributed by atoms with E-state index in [4.69, 9.17) is 4.74 Å². The van der Waals surface area contributed by atoms with Crippen molar-refractivity contribution in [2.45, 2.75) is 38.8 Å². The molecule has 0 bridgehead atoms. The summed E-state index contributed by atoms with van der Waals surface area (Å²) in [6, 6.07) is 8.48. The zero-order valence-corrected chi connectivity index (χ0v) is 15.3. The first-order valence-corrected chi connectivity index (χ1v) is 9.39. The number of likely N-dealkylation sites (tertiary alicyclic amines) is 1. The molecule has 2 aliphatic rings. The second-order valence-corrected chi connectivity index (χ2v) is 6.69. The average molecular weight is 343 g/mol. The number of hydrogen-bond acceptors (Lipinski definition) is 3. The van der Waals surface area contributed by atoms with Crippen LogP contribution in [0.5, 0.6) is 5.75 Å². The van der Waals surface area contributed by atoms with Crippen molar-refractivity contribution in [1.82, 2.24) is 15.1 Å². The molecule has 25 heavy (non-hydrogen) atoms. The summed E-state index contributed by atoms with van der Waals surface area (Å²) < 4.78 is 5.73. The number of carbonyl (C=O) groups is 1. The summed E-state index contributed by atoms with van der Waals surface area (Å²) in [5, 5.41) is 3.21. The van der Waals surface area contributed by atoms with Crippen molar-refractivity contribution in [2.24, 2.45) is 0 Å².